The van der Waals surface area contributed by atoms with E-state index >= 15 is 0 Å². The summed E-state index contributed by atoms with van der Waals surface area (Å²) in [5.74, 6) is -1.67. The summed E-state index contributed by atoms with van der Waals surface area (Å²) < 4.78 is 18.3. The quantitative estimate of drug-likeness (QED) is 0.163. The Balaban J connectivity index is 1.51. The van der Waals surface area contributed by atoms with Crippen LogP contribution in [0.2, 0.25) is 0 Å². The summed E-state index contributed by atoms with van der Waals surface area (Å²) in [7, 11) is 0. The van der Waals surface area contributed by atoms with Crippen molar-refractivity contribution in [3.8, 4) is 46.0 Å². The molecule has 6 N–H and O–H groups in total. The van der Waals surface area contributed by atoms with Crippen molar-refractivity contribution >= 4 is 5.97 Å². The molecule has 0 bridgehead atoms. The van der Waals surface area contributed by atoms with Gasteiger partial charge < -0.3 is 44.8 Å². The van der Waals surface area contributed by atoms with Gasteiger partial charge in [0.15, 0.2) is 5.41 Å². The number of benzene rings is 4. The molecule has 4 atom stereocenters. The molecule has 3 unspecified atom stereocenters. The lowest BCUT2D eigenvalue weighted by Gasteiger charge is -2.35. The summed E-state index contributed by atoms with van der Waals surface area (Å²) in [5, 5.41) is 62.8. The summed E-state index contributed by atoms with van der Waals surface area (Å²) in [6.07, 6.45) is -3.20. The van der Waals surface area contributed by atoms with E-state index < -0.39 is 35.4 Å². The normalized spacial score (nSPS) is 24.0. The molecular formula is C30H22O10. The molecule has 0 fully saturated rings. The van der Waals surface area contributed by atoms with Crippen molar-refractivity contribution < 1.29 is 49.6 Å². The molecule has 4 aromatic carbocycles. The number of hydrogen-bond donors (Lipinski definition) is 6. The molecule has 10 nitrogen and oxygen atoms in total. The van der Waals surface area contributed by atoms with Crippen LogP contribution in [-0.2, 0) is 16.6 Å². The lowest BCUT2D eigenvalue weighted by Crippen LogP contribution is -2.40. The Hall–Kier alpha value is -5.09. The van der Waals surface area contributed by atoms with Crippen LogP contribution < -0.4 is 14.2 Å². The highest BCUT2D eigenvalue weighted by Crippen LogP contribution is 2.66. The molecule has 0 amide bonds. The van der Waals surface area contributed by atoms with E-state index in [2.05, 4.69) is 0 Å². The van der Waals surface area contributed by atoms with E-state index in [9.17, 15) is 35.4 Å². The van der Waals surface area contributed by atoms with Gasteiger partial charge in [0.1, 0.15) is 58.2 Å². The minimum atomic E-state index is -1.85. The molecule has 3 heterocycles. The Morgan fingerprint density at radius 2 is 1.35 bits per heavy atom. The number of phenolic OH excluding ortho intramolecular Hbond substituents is 5. The van der Waals surface area contributed by atoms with Crippen LogP contribution in [0.4, 0.5) is 0 Å². The molecule has 3 aliphatic heterocycles. The standard InChI is InChI=1S/C30H22O10/c31-15-5-1-13(2-6-15)26-21(36)11-18-19(34)12-23-25(27(18)40-26)30(29(37)39-23)24-20(35)9-17(33)10-22(24)38-28(30)14-3-7-16(32)8-4-14/h1-10,12,21,26,28,31-36H,11H2/t21?,26?,28?,30-/m1/s1. The number of rotatable bonds is 2. The van der Waals surface area contributed by atoms with Gasteiger partial charge in [0.25, 0.3) is 0 Å². The second kappa shape index (κ2) is 8.20. The van der Waals surface area contributed by atoms with Crippen molar-refractivity contribution in [2.45, 2.75) is 30.1 Å². The highest BCUT2D eigenvalue weighted by molar-refractivity contribution is 6.00. The van der Waals surface area contributed by atoms with Crippen LogP contribution in [0.15, 0.2) is 66.7 Å². The van der Waals surface area contributed by atoms with Crippen LogP contribution in [0.25, 0.3) is 0 Å². The molecule has 0 aliphatic carbocycles. The first-order valence-electron chi connectivity index (χ1n) is 12.5. The van der Waals surface area contributed by atoms with Gasteiger partial charge in [-0.2, -0.15) is 0 Å². The van der Waals surface area contributed by atoms with Crippen LogP contribution in [0.1, 0.15) is 40.0 Å². The monoisotopic (exact) mass is 542 g/mol. The van der Waals surface area contributed by atoms with E-state index in [1.807, 2.05) is 0 Å². The average Bonchev–Trinajstić information content (AvgIpc) is 3.40. The molecule has 3 aliphatic rings. The summed E-state index contributed by atoms with van der Waals surface area (Å²) in [6.45, 7) is 0. The van der Waals surface area contributed by atoms with Gasteiger partial charge in [-0.05, 0) is 35.4 Å². The summed E-state index contributed by atoms with van der Waals surface area (Å²) in [6, 6.07) is 15.7. The van der Waals surface area contributed by atoms with E-state index in [4.69, 9.17) is 14.2 Å². The summed E-state index contributed by atoms with van der Waals surface area (Å²) in [4.78, 5) is 14.0. The van der Waals surface area contributed by atoms with Crippen molar-refractivity contribution in [2.75, 3.05) is 0 Å². The maximum absolute atomic E-state index is 14.0. The van der Waals surface area contributed by atoms with Crippen LogP contribution in [0.3, 0.4) is 0 Å². The van der Waals surface area contributed by atoms with E-state index in [0.717, 1.165) is 6.07 Å². The number of fused-ring (bicyclic) bond motifs is 6. The minimum absolute atomic E-state index is 0.0143. The topological polar surface area (TPSA) is 166 Å². The van der Waals surface area contributed by atoms with Gasteiger partial charge in [0.2, 0.25) is 0 Å². The van der Waals surface area contributed by atoms with Crippen LogP contribution >= 0.6 is 0 Å². The molecule has 0 saturated heterocycles. The van der Waals surface area contributed by atoms with Gasteiger partial charge in [-0.3, -0.25) is 4.79 Å². The molecule has 1 spiro atoms. The fourth-order valence-electron chi connectivity index (χ4n) is 6.06. The lowest BCUT2D eigenvalue weighted by molar-refractivity contribution is -0.139. The molecule has 4 aromatic rings. The third-order valence-electron chi connectivity index (χ3n) is 7.77. The Labute approximate surface area is 226 Å². The molecular weight excluding hydrogens is 520 g/mol. The minimum Gasteiger partial charge on any atom is -0.508 e. The summed E-state index contributed by atoms with van der Waals surface area (Å²) in [5.41, 5.74) is -0.410. The van der Waals surface area contributed by atoms with Crippen molar-refractivity contribution in [3.63, 3.8) is 0 Å². The zero-order chi connectivity index (χ0) is 27.9. The van der Waals surface area contributed by atoms with E-state index in [1.54, 1.807) is 24.3 Å². The predicted octanol–water partition coefficient (Wildman–Crippen LogP) is 3.59. The molecule has 10 heteroatoms. The second-order valence-corrected chi connectivity index (χ2v) is 10.1. The number of aliphatic hydroxyl groups excluding tert-OH is 1. The predicted molar refractivity (Wildman–Crippen MR) is 137 cm³/mol. The molecule has 0 aromatic heterocycles. The Bertz CT molecular complexity index is 1700. The molecule has 40 heavy (non-hydrogen) atoms. The Morgan fingerprint density at radius 1 is 0.700 bits per heavy atom. The van der Waals surface area contributed by atoms with Crippen molar-refractivity contribution in [1.29, 1.82) is 0 Å². The smallest absolute Gasteiger partial charge is 0.331 e. The SMILES string of the molecule is O=C1Oc2cc(O)c3c(c2[C@@]12c1c(O)cc(O)cc1OC2c1ccc(O)cc1)OC(c1ccc(O)cc1)C(O)C3. The number of aromatic hydroxyl groups is 5. The number of ether oxygens (including phenoxy) is 3. The zero-order valence-electron chi connectivity index (χ0n) is 20.6. The first-order valence-corrected chi connectivity index (χ1v) is 12.5. The third kappa shape index (κ3) is 3.16. The van der Waals surface area contributed by atoms with Gasteiger partial charge >= 0.3 is 5.97 Å². The van der Waals surface area contributed by atoms with Crippen molar-refractivity contribution in [1.82, 2.24) is 0 Å². The van der Waals surface area contributed by atoms with E-state index in [0.29, 0.717) is 11.1 Å². The van der Waals surface area contributed by atoms with Gasteiger partial charge in [0.05, 0.1) is 17.2 Å². The average molecular weight is 542 g/mol. The first kappa shape index (κ1) is 24.0. The fourth-order valence-corrected chi connectivity index (χ4v) is 6.06. The number of esters is 1. The van der Waals surface area contributed by atoms with Gasteiger partial charge in [0, 0.05) is 30.2 Å². The number of carbonyl (C=O) groups excluding carboxylic acids is 1. The Kier molecular flexibility index (Phi) is 4.92. The largest absolute Gasteiger partial charge is 0.508 e. The van der Waals surface area contributed by atoms with Crippen molar-refractivity contribution in [2.24, 2.45) is 0 Å². The maximum Gasteiger partial charge on any atom is 0.331 e. The maximum atomic E-state index is 14.0. The first-order chi connectivity index (χ1) is 19.2. The highest BCUT2D eigenvalue weighted by atomic mass is 16.6. The fraction of sp³-hybridized carbons (Fsp3) is 0.167. The number of hydrogen-bond acceptors (Lipinski definition) is 10. The number of carbonyl (C=O) groups is 1. The van der Waals surface area contributed by atoms with Gasteiger partial charge in [-0.15, -0.1) is 0 Å². The molecule has 0 saturated carbocycles. The third-order valence-corrected chi connectivity index (χ3v) is 7.77. The van der Waals surface area contributed by atoms with Gasteiger partial charge in [-0.1, -0.05) is 24.3 Å². The number of aliphatic hydroxyl groups is 1. The molecule has 7 rings (SSSR count). The number of phenols is 5. The molecule has 202 valence electrons. The van der Waals surface area contributed by atoms with Crippen LogP contribution in [-0.4, -0.2) is 42.7 Å². The van der Waals surface area contributed by atoms with Crippen molar-refractivity contribution in [3.05, 3.63) is 94.5 Å². The zero-order valence-corrected chi connectivity index (χ0v) is 20.6. The van der Waals surface area contributed by atoms with Gasteiger partial charge in [-0.25, -0.2) is 0 Å². The lowest BCUT2D eigenvalue weighted by atomic mass is 9.69. The van der Waals surface area contributed by atoms with E-state index in [-0.39, 0.29) is 63.4 Å². The van der Waals surface area contributed by atoms with Crippen LogP contribution in [0, 0.1) is 0 Å². The molecule has 0 radical (unpaired) electrons. The Morgan fingerprint density at radius 3 is 2.02 bits per heavy atom. The van der Waals surface area contributed by atoms with E-state index in [1.165, 1.54) is 36.4 Å². The second-order valence-electron chi connectivity index (χ2n) is 10.1. The highest BCUT2D eigenvalue weighted by Gasteiger charge is 2.66. The summed E-state index contributed by atoms with van der Waals surface area (Å²) >= 11 is 0. The van der Waals surface area contributed by atoms with Crippen LogP contribution in [0.5, 0.6) is 46.0 Å².